The molecule has 2 N–H and O–H groups in total. The molecule has 2 aromatic heterocycles. The summed E-state index contributed by atoms with van der Waals surface area (Å²) in [6.07, 6.45) is 6.80. The number of furan rings is 1. The summed E-state index contributed by atoms with van der Waals surface area (Å²) in [5.74, 6) is -0.438. The molecule has 4 aromatic rings. The van der Waals surface area contributed by atoms with Crippen LogP contribution >= 0.6 is 0 Å². The number of carbonyl (C=O) groups is 2. The minimum Gasteiger partial charge on any atom is -0.464 e. The summed E-state index contributed by atoms with van der Waals surface area (Å²) in [5.41, 5.74) is 1.73. The van der Waals surface area contributed by atoms with Gasteiger partial charge in [-0.05, 0) is 55.7 Å². The van der Waals surface area contributed by atoms with Gasteiger partial charge >= 0.3 is 0 Å². The maximum atomic E-state index is 15.2. The van der Waals surface area contributed by atoms with E-state index in [1.807, 2.05) is 24.3 Å². The Morgan fingerprint density at radius 2 is 1.81 bits per heavy atom. The van der Waals surface area contributed by atoms with Crippen LogP contribution in [-0.2, 0) is 16.0 Å². The summed E-state index contributed by atoms with van der Waals surface area (Å²) in [6.45, 7) is 1.78. The Morgan fingerprint density at radius 1 is 1.06 bits per heavy atom. The van der Waals surface area contributed by atoms with Crippen molar-refractivity contribution in [2.24, 2.45) is 0 Å². The van der Waals surface area contributed by atoms with Crippen molar-refractivity contribution in [2.45, 2.75) is 57.5 Å². The van der Waals surface area contributed by atoms with E-state index in [0.717, 1.165) is 48.6 Å². The molecule has 1 atom stereocenters. The maximum absolute atomic E-state index is 15.2. The second-order valence-corrected chi connectivity index (χ2v) is 9.45. The largest absolute Gasteiger partial charge is 0.464 e. The Labute approximate surface area is 209 Å². The molecule has 2 heterocycles. The third-order valence-corrected chi connectivity index (χ3v) is 6.89. The standard InChI is InChI=1S/C29H30FN3O3/c1-19-15-16-26(36-19)28(29(35)32-21-9-3-2-4-10-21)33(25-14-8-6-12-23(25)30)27(34)17-20-18-31-24-13-7-5-11-22(20)24/h5-8,11-16,18,21,28,31H,2-4,9-10,17H2,1H3,(H,32,35)/t28-/m0/s1. The van der Waals surface area contributed by atoms with E-state index in [0.29, 0.717) is 11.5 Å². The molecule has 36 heavy (non-hydrogen) atoms. The van der Waals surface area contributed by atoms with Gasteiger partial charge in [0.1, 0.15) is 17.3 Å². The molecule has 2 amide bonds. The van der Waals surface area contributed by atoms with E-state index in [4.69, 9.17) is 4.42 Å². The monoisotopic (exact) mass is 487 g/mol. The quantitative estimate of drug-likeness (QED) is 0.337. The summed E-state index contributed by atoms with van der Waals surface area (Å²) >= 11 is 0. The predicted molar refractivity (Wildman–Crippen MR) is 137 cm³/mol. The summed E-state index contributed by atoms with van der Waals surface area (Å²) in [5, 5.41) is 4.03. The van der Waals surface area contributed by atoms with E-state index in [2.05, 4.69) is 10.3 Å². The van der Waals surface area contributed by atoms with Crippen molar-refractivity contribution < 1.29 is 18.4 Å². The van der Waals surface area contributed by atoms with Gasteiger partial charge in [0.2, 0.25) is 5.91 Å². The zero-order valence-electron chi connectivity index (χ0n) is 20.3. The molecule has 1 aliphatic carbocycles. The number of H-pyrrole nitrogens is 1. The van der Waals surface area contributed by atoms with Crippen LogP contribution in [0.1, 0.15) is 55.2 Å². The lowest BCUT2D eigenvalue weighted by atomic mass is 9.95. The number of hydrogen-bond acceptors (Lipinski definition) is 3. The van der Waals surface area contributed by atoms with Crippen LogP contribution in [0.2, 0.25) is 0 Å². The van der Waals surface area contributed by atoms with Crippen molar-refractivity contribution in [1.29, 1.82) is 0 Å². The number of aromatic nitrogens is 1. The van der Waals surface area contributed by atoms with E-state index in [9.17, 15) is 9.59 Å². The zero-order valence-corrected chi connectivity index (χ0v) is 20.3. The van der Waals surface area contributed by atoms with Gasteiger partial charge in [-0.1, -0.05) is 49.6 Å². The SMILES string of the molecule is Cc1ccc([C@@H](C(=O)NC2CCCCC2)N(C(=O)Cc2c[nH]c3ccccc23)c2ccccc2F)o1. The summed E-state index contributed by atoms with van der Waals surface area (Å²) in [7, 11) is 0. The molecule has 6 nitrogen and oxygen atoms in total. The number of para-hydroxylation sites is 2. The summed E-state index contributed by atoms with van der Waals surface area (Å²) in [6, 6.07) is 16.1. The first kappa shape index (κ1) is 23.9. The van der Waals surface area contributed by atoms with Gasteiger partial charge < -0.3 is 14.7 Å². The van der Waals surface area contributed by atoms with Gasteiger partial charge in [0.25, 0.3) is 5.91 Å². The van der Waals surface area contributed by atoms with E-state index in [1.165, 1.54) is 17.0 Å². The van der Waals surface area contributed by atoms with Gasteiger partial charge in [0, 0.05) is 23.1 Å². The Hall–Kier alpha value is -3.87. The van der Waals surface area contributed by atoms with Crippen molar-refractivity contribution in [3.8, 4) is 0 Å². The summed E-state index contributed by atoms with van der Waals surface area (Å²) < 4.78 is 21.0. The van der Waals surface area contributed by atoms with Gasteiger partial charge in [-0.15, -0.1) is 0 Å². The molecule has 1 fully saturated rings. The highest BCUT2D eigenvalue weighted by atomic mass is 19.1. The fourth-order valence-electron chi connectivity index (χ4n) is 5.09. The molecule has 7 heteroatoms. The first-order valence-electron chi connectivity index (χ1n) is 12.5. The number of amides is 2. The molecule has 0 bridgehead atoms. The van der Waals surface area contributed by atoms with Crippen molar-refractivity contribution >= 4 is 28.4 Å². The lowest BCUT2D eigenvalue weighted by molar-refractivity contribution is -0.127. The van der Waals surface area contributed by atoms with E-state index in [1.54, 1.807) is 37.4 Å². The Morgan fingerprint density at radius 3 is 2.56 bits per heavy atom. The van der Waals surface area contributed by atoms with Crippen LogP contribution in [0.3, 0.4) is 0 Å². The van der Waals surface area contributed by atoms with Crippen LogP contribution < -0.4 is 10.2 Å². The van der Waals surface area contributed by atoms with Crippen molar-refractivity contribution in [2.75, 3.05) is 4.90 Å². The zero-order chi connectivity index (χ0) is 25.1. The number of nitrogens with zero attached hydrogens (tertiary/aromatic N) is 1. The number of hydrogen-bond donors (Lipinski definition) is 2. The molecule has 0 spiro atoms. The fourth-order valence-corrected chi connectivity index (χ4v) is 5.09. The normalized spacial score (nSPS) is 15.1. The molecular formula is C29H30FN3O3. The average molecular weight is 488 g/mol. The molecule has 0 aliphatic heterocycles. The third-order valence-electron chi connectivity index (χ3n) is 6.89. The molecule has 0 saturated heterocycles. The minimum atomic E-state index is -1.14. The number of benzene rings is 2. The molecule has 5 rings (SSSR count). The van der Waals surface area contributed by atoms with Crippen LogP contribution in [0.5, 0.6) is 0 Å². The Balaban J connectivity index is 1.55. The second kappa shape index (κ2) is 10.4. The first-order valence-corrected chi connectivity index (χ1v) is 12.5. The molecule has 0 radical (unpaired) electrons. The van der Waals surface area contributed by atoms with Crippen LogP contribution in [0, 0.1) is 12.7 Å². The smallest absolute Gasteiger partial charge is 0.251 e. The average Bonchev–Trinajstić information content (AvgIpc) is 3.49. The van der Waals surface area contributed by atoms with E-state index < -0.39 is 17.8 Å². The van der Waals surface area contributed by atoms with Crippen LogP contribution in [-0.4, -0.2) is 22.8 Å². The second-order valence-electron chi connectivity index (χ2n) is 9.45. The first-order chi connectivity index (χ1) is 17.5. The topological polar surface area (TPSA) is 78.3 Å². The Bertz CT molecular complexity index is 1370. The minimum absolute atomic E-state index is 0.00868. The van der Waals surface area contributed by atoms with Crippen LogP contribution in [0.25, 0.3) is 10.9 Å². The number of fused-ring (bicyclic) bond motifs is 1. The number of aryl methyl sites for hydroxylation is 1. The van der Waals surface area contributed by atoms with E-state index >= 15 is 4.39 Å². The van der Waals surface area contributed by atoms with E-state index in [-0.39, 0.29) is 24.1 Å². The Kier molecular flexibility index (Phi) is 6.89. The van der Waals surface area contributed by atoms with Gasteiger partial charge in [0.15, 0.2) is 6.04 Å². The van der Waals surface area contributed by atoms with Gasteiger partial charge in [-0.3, -0.25) is 14.5 Å². The molecule has 2 aromatic carbocycles. The fraction of sp³-hybridized carbons (Fsp3) is 0.310. The summed E-state index contributed by atoms with van der Waals surface area (Å²) in [4.78, 5) is 32.2. The molecule has 1 aliphatic rings. The number of rotatable bonds is 7. The molecule has 1 saturated carbocycles. The third kappa shape index (κ3) is 4.91. The molecule has 0 unspecified atom stereocenters. The van der Waals surface area contributed by atoms with Crippen molar-refractivity contribution in [1.82, 2.24) is 10.3 Å². The number of carbonyl (C=O) groups excluding carboxylic acids is 2. The number of anilines is 1. The highest BCUT2D eigenvalue weighted by molar-refractivity contribution is 6.03. The maximum Gasteiger partial charge on any atom is 0.251 e. The molecule has 186 valence electrons. The van der Waals surface area contributed by atoms with Crippen LogP contribution in [0.15, 0.2) is 71.3 Å². The highest BCUT2D eigenvalue weighted by Crippen LogP contribution is 2.33. The number of halogens is 1. The number of aromatic amines is 1. The molecular weight excluding hydrogens is 457 g/mol. The van der Waals surface area contributed by atoms with Gasteiger partial charge in [-0.2, -0.15) is 0 Å². The van der Waals surface area contributed by atoms with Gasteiger partial charge in [-0.25, -0.2) is 4.39 Å². The van der Waals surface area contributed by atoms with Crippen molar-refractivity contribution in [3.63, 3.8) is 0 Å². The highest BCUT2D eigenvalue weighted by Gasteiger charge is 2.37. The van der Waals surface area contributed by atoms with Crippen molar-refractivity contribution in [3.05, 3.63) is 89.8 Å². The van der Waals surface area contributed by atoms with Crippen LogP contribution in [0.4, 0.5) is 10.1 Å². The lowest BCUT2D eigenvalue weighted by Gasteiger charge is -2.32. The number of nitrogens with one attached hydrogen (secondary N) is 2. The predicted octanol–water partition coefficient (Wildman–Crippen LogP) is 5.97. The lowest BCUT2D eigenvalue weighted by Crippen LogP contribution is -2.48. The van der Waals surface area contributed by atoms with Gasteiger partial charge in [0.05, 0.1) is 12.1 Å².